The molecule has 0 spiro atoms. The van der Waals surface area contributed by atoms with Crippen LogP contribution in [0.25, 0.3) is 0 Å². The lowest BCUT2D eigenvalue weighted by Crippen LogP contribution is -2.63. The van der Waals surface area contributed by atoms with Gasteiger partial charge < -0.3 is 14.8 Å². The largest absolute Gasteiger partial charge is 0.379 e. The first-order chi connectivity index (χ1) is 8.14. The van der Waals surface area contributed by atoms with Crippen molar-refractivity contribution in [3.8, 4) is 0 Å². The van der Waals surface area contributed by atoms with E-state index < -0.39 is 0 Å². The van der Waals surface area contributed by atoms with Crippen LogP contribution in [0.1, 0.15) is 47.0 Å². The van der Waals surface area contributed by atoms with Gasteiger partial charge in [-0.15, -0.1) is 0 Å². The molecule has 1 rings (SSSR count). The number of hydrogen-bond acceptors (Lipinski definition) is 3. The highest BCUT2D eigenvalue weighted by molar-refractivity contribution is 5.06. The van der Waals surface area contributed by atoms with Crippen molar-refractivity contribution in [2.24, 2.45) is 5.41 Å². The Labute approximate surface area is 106 Å². The van der Waals surface area contributed by atoms with Gasteiger partial charge in [-0.1, -0.05) is 13.8 Å². The van der Waals surface area contributed by atoms with Crippen molar-refractivity contribution in [2.75, 3.05) is 20.3 Å². The van der Waals surface area contributed by atoms with Gasteiger partial charge in [-0.3, -0.25) is 0 Å². The molecule has 102 valence electrons. The number of rotatable bonds is 8. The van der Waals surface area contributed by atoms with Crippen LogP contribution >= 0.6 is 0 Å². The van der Waals surface area contributed by atoms with Gasteiger partial charge in [-0.2, -0.15) is 0 Å². The first-order valence-corrected chi connectivity index (χ1v) is 7.05. The number of nitrogens with one attached hydrogen (secondary N) is 1. The zero-order valence-electron chi connectivity index (χ0n) is 12.1. The molecule has 3 atom stereocenters. The van der Waals surface area contributed by atoms with Crippen molar-refractivity contribution < 1.29 is 9.47 Å². The fourth-order valence-electron chi connectivity index (χ4n) is 3.15. The Balaban J connectivity index is 2.49. The minimum atomic E-state index is 0.204. The number of ether oxygens (including phenoxy) is 2. The third-order valence-corrected chi connectivity index (χ3v) is 4.40. The average Bonchev–Trinajstić information content (AvgIpc) is 2.33. The lowest BCUT2D eigenvalue weighted by atomic mass is 9.58. The van der Waals surface area contributed by atoms with Gasteiger partial charge in [-0.05, 0) is 40.2 Å². The number of hydrogen-bond donors (Lipinski definition) is 1. The summed E-state index contributed by atoms with van der Waals surface area (Å²) in [4.78, 5) is 0. The van der Waals surface area contributed by atoms with Gasteiger partial charge in [0.1, 0.15) is 0 Å². The second-order valence-corrected chi connectivity index (χ2v) is 5.11. The minimum Gasteiger partial charge on any atom is -0.379 e. The van der Waals surface area contributed by atoms with Gasteiger partial charge >= 0.3 is 0 Å². The predicted octanol–water partition coefficient (Wildman–Crippen LogP) is 2.59. The van der Waals surface area contributed by atoms with E-state index in [0.29, 0.717) is 24.2 Å². The fourth-order valence-corrected chi connectivity index (χ4v) is 3.15. The maximum Gasteiger partial charge on any atom is 0.0784 e. The van der Waals surface area contributed by atoms with Crippen LogP contribution in [0, 0.1) is 5.41 Å². The summed E-state index contributed by atoms with van der Waals surface area (Å²) in [7, 11) is 2.06. The van der Waals surface area contributed by atoms with Crippen LogP contribution < -0.4 is 5.32 Å². The summed E-state index contributed by atoms with van der Waals surface area (Å²) in [6, 6.07) is 0.613. The molecule has 1 fully saturated rings. The van der Waals surface area contributed by atoms with Crippen molar-refractivity contribution in [3.63, 3.8) is 0 Å². The van der Waals surface area contributed by atoms with Crippen LogP contribution in [0.4, 0.5) is 0 Å². The molecule has 3 nitrogen and oxygen atoms in total. The van der Waals surface area contributed by atoms with Gasteiger partial charge in [0, 0.05) is 18.1 Å². The second kappa shape index (κ2) is 6.72. The molecule has 1 N–H and O–H groups in total. The molecule has 0 heterocycles. The molecule has 0 aromatic heterocycles. The lowest BCUT2D eigenvalue weighted by Gasteiger charge is -2.56. The van der Waals surface area contributed by atoms with Gasteiger partial charge in [-0.25, -0.2) is 0 Å². The zero-order chi connectivity index (χ0) is 12.9. The van der Waals surface area contributed by atoms with Gasteiger partial charge in [0.15, 0.2) is 0 Å². The Morgan fingerprint density at radius 2 is 1.94 bits per heavy atom. The molecule has 1 aliphatic carbocycles. The van der Waals surface area contributed by atoms with E-state index in [1.54, 1.807) is 0 Å². The summed E-state index contributed by atoms with van der Waals surface area (Å²) in [5.74, 6) is 0. The molecule has 0 bridgehead atoms. The lowest BCUT2D eigenvalue weighted by molar-refractivity contribution is -0.171. The summed E-state index contributed by atoms with van der Waals surface area (Å²) in [5, 5.41) is 3.43. The Hall–Kier alpha value is -0.120. The molecule has 0 aromatic carbocycles. The smallest absolute Gasteiger partial charge is 0.0784 e. The molecule has 3 heteroatoms. The molecule has 0 radical (unpaired) electrons. The summed E-state index contributed by atoms with van der Waals surface area (Å²) in [6.07, 6.45) is 4.09. The molecule has 0 aromatic rings. The highest BCUT2D eigenvalue weighted by Crippen LogP contribution is 2.49. The van der Waals surface area contributed by atoms with Crippen molar-refractivity contribution in [1.29, 1.82) is 0 Å². The Kier molecular flexibility index (Phi) is 5.90. The van der Waals surface area contributed by atoms with E-state index in [1.807, 2.05) is 6.92 Å². The van der Waals surface area contributed by atoms with E-state index in [4.69, 9.17) is 9.47 Å². The monoisotopic (exact) mass is 243 g/mol. The van der Waals surface area contributed by atoms with E-state index in [9.17, 15) is 0 Å². The van der Waals surface area contributed by atoms with E-state index in [-0.39, 0.29) is 6.10 Å². The van der Waals surface area contributed by atoms with Crippen molar-refractivity contribution in [2.45, 2.75) is 65.2 Å². The third kappa shape index (κ3) is 3.01. The van der Waals surface area contributed by atoms with Gasteiger partial charge in [0.05, 0.1) is 18.8 Å². The first-order valence-electron chi connectivity index (χ1n) is 7.05. The van der Waals surface area contributed by atoms with E-state index in [2.05, 4.69) is 33.1 Å². The highest BCUT2D eigenvalue weighted by atomic mass is 16.5. The summed E-state index contributed by atoms with van der Waals surface area (Å²) >= 11 is 0. The topological polar surface area (TPSA) is 30.5 Å². The molecule has 0 aliphatic heterocycles. The normalized spacial score (nSPS) is 28.8. The Morgan fingerprint density at radius 1 is 1.29 bits per heavy atom. The molecule has 0 saturated heterocycles. The SMILES string of the molecule is CCOCC(C)OC1CC(NC)C1(CC)CC. The molecule has 17 heavy (non-hydrogen) atoms. The van der Waals surface area contributed by atoms with Crippen LogP contribution in [0.15, 0.2) is 0 Å². The maximum absolute atomic E-state index is 6.15. The minimum absolute atomic E-state index is 0.204. The predicted molar refractivity (Wildman–Crippen MR) is 71.3 cm³/mol. The van der Waals surface area contributed by atoms with Crippen molar-refractivity contribution >= 4 is 0 Å². The first kappa shape index (κ1) is 14.9. The van der Waals surface area contributed by atoms with Crippen LogP contribution in [0.3, 0.4) is 0 Å². The summed E-state index contributed by atoms with van der Waals surface area (Å²) in [6.45, 7) is 10.2. The Bertz CT molecular complexity index is 216. The highest BCUT2D eigenvalue weighted by Gasteiger charge is 2.53. The fraction of sp³-hybridized carbons (Fsp3) is 1.00. The second-order valence-electron chi connectivity index (χ2n) is 5.11. The van der Waals surface area contributed by atoms with E-state index in [0.717, 1.165) is 13.0 Å². The van der Waals surface area contributed by atoms with Crippen LogP contribution in [0.2, 0.25) is 0 Å². The maximum atomic E-state index is 6.15. The van der Waals surface area contributed by atoms with Crippen molar-refractivity contribution in [3.05, 3.63) is 0 Å². The zero-order valence-corrected chi connectivity index (χ0v) is 12.1. The van der Waals surface area contributed by atoms with Crippen molar-refractivity contribution in [1.82, 2.24) is 5.32 Å². The molecular weight excluding hydrogens is 214 g/mol. The molecule has 1 aliphatic rings. The summed E-state index contributed by atoms with van der Waals surface area (Å²) in [5.41, 5.74) is 0.329. The average molecular weight is 243 g/mol. The van der Waals surface area contributed by atoms with E-state index in [1.165, 1.54) is 12.8 Å². The summed E-state index contributed by atoms with van der Waals surface area (Å²) < 4.78 is 11.6. The van der Waals surface area contributed by atoms with Gasteiger partial charge in [0.2, 0.25) is 0 Å². The molecule has 1 saturated carbocycles. The molecule has 3 unspecified atom stereocenters. The standard InChI is InChI=1S/C14H29NO2/c1-6-14(7-2)12(15-5)9-13(14)17-11(4)10-16-8-3/h11-13,15H,6-10H2,1-5H3. The third-order valence-electron chi connectivity index (χ3n) is 4.40. The molecular formula is C14H29NO2. The van der Waals surface area contributed by atoms with Crippen LogP contribution in [0.5, 0.6) is 0 Å². The quantitative estimate of drug-likeness (QED) is 0.711. The van der Waals surface area contributed by atoms with Gasteiger partial charge in [0.25, 0.3) is 0 Å². The van der Waals surface area contributed by atoms with E-state index >= 15 is 0 Å². The van der Waals surface area contributed by atoms with Crippen LogP contribution in [-0.4, -0.2) is 38.5 Å². The van der Waals surface area contributed by atoms with Crippen LogP contribution in [-0.2, 0) is 9.47 Å². The molecule has 0 amide bonds. The Morgan fingerprint density at radius 3 is 2.41 bits per heavy atom.